The van der Waals surface area contributed by atoms with Gasteiger partial charge < -0.3 is 10.4 Å². The standard InChI is InChI=1S/C11H8BrN3O/c1-7-9(12)2-3-10(16)11(7)15-6-8(4-13)5-14/h2-3,6,15-16H,1H3. The van der Waals surface area contributed by atoms with Gasteiger partial charge in [0.25, 0.3) is 0 Å². The Hall–Kier alpha value is -1.98. The number of halogens is 1. The van der Waals surface area contributed by atoms with E-state index in [1.807, 2.05) is 0 Å². The van der Waals surface area contributed by atoms with Gasteiger partial charge in [0, 0.05) is 10.7 Å². The van der Waals surface area contributed by atoms with E-state index < -0.39 is 0 Å². The number of phenolic OH excluding ortho intramolecular Hbond substituents is 1. The van der Waals surface area contributed by atoms with Crippen molar-refractivity contribution in [2.24, 2.45) is 0 Å². The maximum Gasteiger partial charge on any atom is 0.145 e. The van der Waals surface area contributed by atoms with Crippen LogP contribution in [-0.4, -0.2) is 5.11 Å². The minimum Gasteiger partial charge on any atom is -0.506 e. The number of aromatic hydroxyl groups is 1. The normalized spacial score (nSPS) is 8.75. The van der Waals surface area contributed by atoms with Gasteiger partial charge in [0.2, 0.25) is 0 Å². The molecule has 5 heteroatoms. The van der Waals surface area contributed by atoms with Gasteiger partial charge in [0.05, 0.1) is 5.69 Å². The molecule has 0 aliphatic rings. The van der Waals surface area contributed by atoms with Gasteiger partial charge in [-0.1, -0.05) is 15.9 Å². The summed E-state index contributed by atoms with van der Waals surface area (Å²) >= 11 is 3.32. The second kappa shape index (κ2) is 5.20. The summed E-state index contributed by atoms with van der Waals surface area (Å²) in [7, 11) is 0. The molecular formula is C11H8BrN3O. The third kappa shape index (κ3) is 2.53. The number of phenols is 1. The molecule has 0 aliphatic heterocycles. The molecule has 4 nitrogen and oxygen atoms in total. The lowest BCUT2D eigenvalue weighted by Crippen LogP contribution is -1.94. The van der Waals surface area contributed by atoms with E-state index in [0.29, 0.717) is 5.69 Å². The first-order chi connectivity index (χ1) is 7.60. The minimum atomic E-state index is -0.0567. The van der Waals surface area contributed by atoms with Crippen LogP contribution in [0.15, 0.2) is 28.4 Å². The summed E-state index contributed by atoms with van der Waals surface area (Å²) in [4.78, 5) is 0. The Morgan fingerprint density at radius 2 is 2.06 bits per heavy atom. The zero-order valence-electron chi connectivity index (χ0n) is 8.45. The number of nitrogens with one attached hydrogen (secondary N) is 1. The fraction of sp³-hybridized carbons (Fsp3) is 0.0909. The van der Waals surface area contributed by atoms with Crippen LogP contribution in [0.1, 0.15) is 5.56 Å². The van der Waals surface area contributed by atoms with Gasteiger partial charge in [0.15, 0.2) is 0 Å². The highest BCUT2D eigenvalue weighted by Crippen LogP contribution is 2.32. The maximum absolute atomic E-state index is 9.60. The van der Waals surface area contributed by atoms with E-state index in [-0.39, 0.29) is 11.3 Å². The average Bonchev–Trinajstić information content (AvgIpc) is 2.29. The Labute approximate surface area is 102 Å². The first kappa shape index (κ1) is 12.1. The number of anilines is 1. The Bertz CT molecular complexity index is 507. The van der Waals surface area contributed by atoms with Crippen LogP contribution >= 0.6 is 15.9 Å². The Morgan fingerprint density at radius 3 is 2.62 bits per heavy atom. The van der Waals surface area contributed by atoms with Gasteiger partial charge in [-0.15, -0.1) is 0 Å². The molecule has 1 aromatic rings. The van der Waals surface area contributed by atoms with Crippen molar-refractivity contribution >= 4 is 21.6 Å². The second-order valence-corrected chi connectivity index (χ2v) is 3.85. The van der Waals surface area contributed by atoms with Crippen molar-refractivity contribution in [1.82, 2.24) is 0 Å². The molecule has 0 fully saturated rings. The van der Waals surface area contributed by atoms with Gasteiger partial charge in [-0.3, -0.25) is 0 Å². The lowest BCUT2D eigenvalue weighted by atomic mass is 10.2. The molecule has 0 radical (unpaired) electrons. The van der Waals surface area contributed by atoms with Crippen molar-refractivity contribution in [1.29, 1.82) is 10.5 Å². The lowest BCUT2D eigenvalue weighted by molar-refractivity contribution is 0.477. The van der Waals surface area contributed by atoms with Crippen LogP contribution in [0.25, 0.3) is 0 Å². The smallest absolute Gasteiger partial charge is 0.145 e. The molecule has 0 aromatic heterocycles. The Morgan fingerprint density at radius 1 is 1.44 bits per heavy atom. The van der Waals surface area contributed by atoms with Crippen molar-refractivity contribution in [3.05, 3.63) is 33.9 Å². The van der Waals surface area contributed by atoms with E-state index in [2.05, 4.69) is 21.2 Å². The van der Waals surface area contributed by atoms with Gasteiger partial charge in [0.1, 0.15) is 23.5 Å². The highest BCUT2D eigenvalue weighted by molar-refractivity contribution is 9.10. The molecule has 0 atom stereocenters. The maximum atomic E-state index is 9.60. The Kier molecular flexibility index (Phi) is 3.93. The monoisotopic (exact) mass is 277 g/mol. The third-order valence-electron chi connectivity index (χ3n) is 1.98. The van der Waals surface area contributed by atoms with Gasteiger partial charge >= 0.3 is 0 Å². The number of nitriles is 2. The first-order valence-electron chi connectivity index (χ1n) is 4.35. The van der Waals surface area contributed by atoms with Crippen LogP contribution < -0.4 is 5.32 Å². The zero-order chi connectivity index (χ0) is 12.1. The fourth-order valence-electron chi connectivity index (χ4n) is 1.09. The zero-order valence-corrected chi connectivity index (χ0v) is 10.0. The molecule has 0 saturated carbocycles. The molecule has 0 spiro atoms. The van der Waals surface area contributed by atoms with Crippen molar-refractivity contribution < 1.29 is 5.11 Å². The topological polar surface area (TPSA) is 79.8 Å². The summed E-state index contributed by atoms with van der Waals surface area (Å²) in [6, 6.07) is 6.68. The predicted molar refractivity (Wildman–Crippen MR) is 63.5 cm³/mol. The minimum absolute atomic E-state index is 0.0567. The third-order valence-corrected chi connectivity index (χ3v) is 2.84. The highest BCUT2D eigenvalue weighted by Gasteiger charge is 2.06. The SMILES string of the molecule is Cc1c(Br)ccc(O)c1NC=C(C#N)C#N. The van der Waals surface area contributed by atoms with Gasteiger partial charge in [-0.25, -0.2) is 0 Å². The van der Waals surface area contributed by atoms with Crippen LogP contribution in [0.4, 0.5) is 5.69 Å². The molecule has 1 rings (SSSR count). The highest BCUT2D eigenvalue weighted by atomic mass is 79.9. The first-order valence-corrected chi connectivity index (χ1v) is 5.14. The van der Waals surface area contributed by atoms with Crippen LogP contribution in [0, 0.1) is 29.6 Å². The average molecular weight is 278 g/mol. The lowest BCUT2D eigenvalue weighted by Gasteiger charge is -2.09. The van der Waals surface area contributed by atoms with E-state index in [1.54, 1.807) is 25.1 Å². The van der Waals surface area contributed by atoms with Crippen molar-refractivity contribution in [2.45, 2.75) is 6.92 Å². The number of hydrogen-bond acceptors (Lipinski definition) is 4. The van der Waals surface area contributed by atoms with Crippen molar-refractivity contribution in [3.63, 3.8) is 0 Å². The van der Waals surface area contributed by atoms with E-state index in [4.69, 9.17) is 10.5 Å². The summed E-state index contributed by atoms with van der Waals surface area (Å²) in [5, 5.41) is 29.4. The van der Waals surface area contributed by atoms with Crippen LogP contribution in [0.3, 0.4) is 0 Å². The predicted octanol–water partition coefficient (Wildman–Crippen LogP) is 2.81. The summed E-state index contributed by atoms with van der Waals surface area (Å²) in [6.45, 7) is 1.80. The molecule has 0 aliphatic carbocycles. The van der Waals surface area contributed by atoms with E-state index in [1.165, 1.54) is 12.3 Å². The molecule has 0 heterocycles. The summed E-state index contributed by atoms with van der Waals surface area (Å²) in [5.41, 5.74) is 1.21. The van der Waals surface area contributed by atoms with Crippen LogP contribution in [0.5, 0.6) is 5.75 Å². The number of benzene rings is 1. The number of nitrogens with zero attached hydrogens (tertiary/aromatic N) is 2. The summed E-state index contributed by atoms with van der Waals surface area (Å²) < 4.78 is 0.830. The van der Waals surface area contributed by atoms with Crippen molar-refractivity contribution in [2.75, 3.05) is 5.32 Å². The van der Waals surface area contributed by atoms with Crippen molar-refractivity contribution in [3.8, 4) is 17.9 Å². The van der Waals surface area contributed by atoms with Gasteiger partial charge in [-0.2, -0.15) is 10.5 Å². The quantitative estimate of drug-likeness (QED) is 0.644. The van der Waals surface area contributed by atoms with E-state index >= 15 is 0 Å². The molecule has 2 N–H and O–H groups in total. The molecule has 16 heavy (non-hydrogen) atoms. The Balaban J connectivity index is 3.09. The number of hydrogen-bond donors (Lipinski definition) is 2. The molecule has 1 aromatic carbocycles. The van der Waals surface area contributed by atoms with E-state index in [0.717, 1.165) is 10.0 Å². The van der Waals surface area contributed by atoms with Crippen LogP contribution in [-0.2, 0) is 0 Å². The molecule has 0 saturated heterocycles. The molecule has 0 unspecified atom stereocenters. The number of allylic oxidation sites excluding steroid dienone is 1. The second-order valence-electron chi connectivity index (χ2n) is 2.99. The summed E-state index contributed by atoms with van der Waals surface area (Å²) in [6.07, 6.45) is 1.26. The molecule has 0 amide bonds. The largest absolute Gasteiger partial charge is 0.506 e. The summed E-state index contributed by atoms with van der Waals surface area (Å²) in [5.74, 6) is 0.0622. The fourth-order valence-corrected chi connectivity index (χ4v) is 1.42. The van der Waals surface area contributed by atoms with Gasteiger partial charge in [-0.05, 0) is 24.6 Å². The molecular weight excluding hydrogens is 270 g/mol. The van der Waals surface area contributed by atoms with E-state index in [9.17, 15) is 5.11 Å². The molecule has 0 bridgehead atoms. The van der Waals surface area contributed by atoms with Crippen LogP contribution in [0.2, 0.25) is 0 Å². The molecule has 80 valence electrons. The number of rotatable bonds is 2.